The molecule has 0 saturated carbocycles. The first-order valence-corrected chi connectivity index (χ1v) is 7.30. The maximum atomic E-state index is 11.7. The van der Waals surface area contributed by atoms with Gasteiger partial charge < -0.3 is 4.42 Å². The molecule has 1 atom stereocenters. The second kappa shape index (κ2) is 4.31. The maximum Gasteiger partial charge on any atom is 0.213 e. The molecule has 2 rings (SSSR count). The molecule has 0 fully saturated rings. The van der Waals surface area contributed by atoms with E-state index in [0.29, 0.717) is 17.0 Å². The van der Waals surface area contributed by atoms with E-state index in [2.05, 4.69) is 4.98 Å². The van der Waals surface area contributed by atoms with Crippen molar-refractivity contribution in [2.24, 2.45) is 0 Å². The van der Waals surface area contributed by atoms with Crippen molar-refractivity contribution in [2.75, 3.05) is 5.75 Å². The molecule has 0 aliphatic carbocycles. The molecule has 1 aromatic heterocycles. The summed E-state index contributed by atoms with van der Waals surface area (Å²) in [5.74, 6) is 0.461. The van der Waals surface area contributed by atoms with Gasteiger partial charge in [-0.05, 0) is 25.1 Å². The van der Waals surface area contributed by atoms with Crippen LogP contribution < -0.4 is 0 Å². The van der Waals surface area contributed by atoms with Gasteiger partial charge in [-0.3, -0.25) is 0 Å². The summed E-state index contributed by atoms with van der Waals surface area (Å²) in [5.41, 5.74) is 1.06. The highest BCUT2D eigenvalue weighted by Gasteiger charge is 2.15. The number of hydrogen-bond donors (Lipinski definition) is 0. The third-order valence-electron chi connectivity index (χ3n) is 2.46. The van der Waals surface area contributed by atoms with Crippen molar-refractivity contribution >= 4 is 32.5 Å². The third-order valence-corrected chi connectivity index (χ3v) is 4.37. The summed E-state index contributed by atoms with van der Waals surface area (Å²) < 4.78 is 28.8. The maximum absolute atomic E-state index is 11.7. The zero-order chi connectivity index (χ0) is 12.6. The Kier molecular flexibility index (Phi) is 3.14. The van der Waals surface area contributed by atoms with Gasteiger partial charge in [0.1, 0.15) is 10.9 Å². The number of nitrogens with zero attached hydrogens (tertiary/aromatic N) is 1. The molecule has 92 valence electrons. The lowest BCUT2D eigenvalue weighted by atomic mass is 10.3. The standard InChI is InChI=1S/C11H12ClNO3S/c1-3-17(14,15)8-4-5-10-9(6-8)13-11(16-10)7(2)12/h4-7H,3H2,1-2H3. The molecule has 0 aliphatic heterocycles. The van der Waals surface area contributed by atoms with Gasteiger partial charge in [0.05, 0.1) is 10.6 Å². The molecule has 0 spiro atoms. The minimum Gasteiger partial charge on any atom is -0.439 e. The van der Waals surface area contributed by atoms with E-state index in [1.54, 1.807) is 19.9 Å². The summed E-state index contributed by atoms with van der Waals surface area (Å²) in [4.78, 5) is 4.42. The van der Waals surface area contributed by atoms with Crippen molar-refractivity contribution in [2.45, 2.75) is 24.1 Å². The lowest BCUT2D eigenvalue weighted by Gasteiger charge is -1.99. The predicted octanol–water partition coefficient (Wildman–Crippen LogP) is 2.92. The average molecular weight is 274 g/mol. The number of sulfone groups is 1. The summed E-state index contributed by atoms with van der Waals surface area (Å²) in [6.07, 6.45) is 0. The summed E-state index contributed by atoms with van der Waals surface area (Å²) in [7, 11) is -3.22. The van der Waals surface area contributed by atoms with E-state index in [4.69, 9.17) is 16.0 Å². The van der Waals surface area contributed by atoms with Crippen LogP contribution in [0.15, 0.2) is 27.5 Å². The fourth-order valence-electron chi connectivity index (χ4n) is 1.46. The van der Waals surface area contributed by atoms with Crippen molar-refractivity contribution in [1.29, 1.82) is 0 Å². The van der Waals surface area contributed by atoms with Crippen LogP contribution in [0.2, 0.25) is 0 Å². The summed E-state index contributed by atoms with van der Waals surface area (Å²) in [5, 5.41) is -0.339. The van der Waals surface area contributed by atoms with E-state index in [-0.39, 0.29) is 16.0 Å². The van der Waals surface area contributed by atoms with Gasteiger partial charge in [-0.25, -0.2) is 13.4 Å². The van der Waals surface area contributed by atoms with Gasteiger partial charge in [0.15, 0.2) is 15.4 Å². The number of benzene rings is 1. The van der Waals surface area contributed by atoms with Gasteiger partial charge in [-0.15, -0.1) is 11.6 Å². The van der Waals surface area contributed by atoms with Gasteiger partial charge in [-0.2, -0.15) is 0 Å². The number of fused-ring (bicyclic) bond motifs is 1. The predicted molar refractivity (Wildman–Crippen MR) is 66.0 cm³/mol. The van der Waals surface area contributed by atoms with Crippen molar-refractivity contribution in [3.63, 3.8) is 0 Å². The number of halogens is 1. The van der Waals surface area contributed by atoms with Gasteiger partial charge in [0.2, 0.25) is 5.89 Å². The normalized spacial score (nSPS) is 14.1. The van der Waals surface area contributed by atoms with Gasteiger partial charge in [0.25, 0.3) is 0 Å². The van der Waals surface area contributed by atoms with Crippen LogP contribution >= 0.6 is 11.6 Å². The van der Waals surface area contributed by atoms with E-state index in [9.17, 15) is 8.42 Å². The summed E-state index contributed by atoms with van der Waals surface area (Å²) in [6.45, 7) is 3.35. The Hall–Kier alpha value is -1.07. The SMILES string of the molecule is CCS(=O)(=O)c1ccc2oc(C(C)Cl)nc2c1. The smallest absolute Gasteiger partial charge is 0.213 e. The Morgan fingerprint density at radius 1 is 1.47 bits per heavy atom. The van der Waals surface area contributed by atoms with Crippen LogP contribution in [-0.2, 0) is 9.84 Å². The molecule has 0 radical (unpaired) electrons. The van der Waals surface area contributed by atoms with Crippen molar-refractivity contribution in [3.8, 4) is 0 Å². The number of hydrogen-bond acceptors (Lipinski definition) is 4. The molecule has 4 nitrogen and oxygen atoms in total. The number of oxazole rings is 1. The molecular formula is C11H12ClNO3S. The summed E-state index contributed by atoms with van der Waals surface area (Å²) >= 11 is 5.86. The largest absolute Gasteiger partial charge is 0.439 e. The van der Waals surface area contributed by atoms with Crippen molar-refractivity contribution in [1.82, 2.24) is 4.98 Å². The number of aromatic nitrogens is 1. The molecular weight excluding hydrogens is 262 g/mol. The first-order valence-electron chi connectivity index (χ1n) is 5.21. The van der Waals surface area contributed by atoms with Crippen LogP contribution in [0, 0.1) is 0 Å². The first kappa shape index (κ1) is 12.4. The fourth-order valence-corrected chi connectivity index (χ4v) is 2.45. The van der Waals surface area contributed by atoms with E-state index in [0.717, 1.165) is 0 Å². The Labute approximate surface area is 105 Å². The minimum absolute atomic E-state index is 0.0646. The van der Waals surface area contributed by atoms with Crippen LogP contribution in [0.3, 0.4) is 0 Å². The Balaban J connectivity index is 2.58. The highest BCUT2D eigenvalue weighted by molar-refractivity contribution is 7.91. The number of alkyl halides is 1. The molecule has 0 N–H and O–H groups in total. The van der Waals surface area contributed by atoms with Crippen LogP contribution in [0.4, 0.5) is 0 Å². The van der Waals surface area contributed by atoms with E-state index < -0.39 is 9.84 Å². The van der Waals surface area contributed by atoms with E-state index in [1.807, 2.05) is 0 Å². The van der Waals surface area contributed by atoms with Crippen molar-refractivity contribution in [3.05, 3.63) is 24.1 Å². The Morgan fingerprint density at radius 3 is 2.76 bits per heavy atom. The number of rotatable bonds is 3. The van der Waals surface area contributed by atoms with Crippen LogP contribution in [-0.4, -0.2) is 19.2 Å². The average Bonchev–Trinajstić information content (AvgIpc) is 2.71. The molecule has 6 heteroatoms. The van der Waals surface area contributed by atoms with Gasteiger partial charge in [0, 0.05) is 0 Å². The van der Waals surface area contributed by atoms with E-state index in [1.165, 1.54) is 12.1 Å². The van der Waals surface area contributed by atoms with Crippen LogP contribution in [0.5, 0.6) is 0 Å². The molecule has 2 aromatic rings. The lowest BCUT2D eigenvalue weighted by molar-refractivity contribution is 0.531. The highest BCUT2D eigenvalue weighted by atomic mass is 35.5. The monoisotopic (exact) mass is 273 g/mol. The minimum atomic E-state index is -3.22. The molecule has 0 aliphatic rings. The first-order chi connectivity index (χ1) is 7.94. The van der Waals surface area contributed by atoms with Gasteiger partial charge >= 0.3 is 0 Å². The fraction of sp³-hybridized carbons (Fsp3) is 0.364. The molecule has 1 heterocycles. The highest BCUT2D eigenvalue weighted by Crippen LogP contribution is 2.25. The molecule has 0 amide bonds. The molecule has 1 aromatic carbocycles. The molecule has 1 unspecified atom stereocenters. The quantitative estimate of drug-likeness (QED) is 0.807. The summed E-state index contributed by atoms with van der Waals surface area (Å²) in [6, 6.07) is 4.64. The zero-order valence-corrected chi connectivity index (χ0v) is 11.0. The van der Waals surface area contributed by atoms with Crippen LogP contribution in [0.1, 0.15) is 25.1 Å². The topological polar surface area (TPSA) is 60.2 Å². The lowest BCUT2D eigenvalue weighted by Crippen LogP contribution is -2.03. The third kappa shape index (κ3) is 2.30. The van der Waals surface area contributed by atoms with Crippen LogP contribution in [0.25, 0.3) is 11.1 Å². The Morgan fingerprint density at radius 2 is 2.18 bits per heavy atom. The second-order valence-electron chi connectivity index (χ2n) is 3.70. The zero-order valence-electron chi connectivity index (χ0n) is 9.47. The molecule has 17 heavy (non-hydrogen) atoms. The van der Waals surface area contributed by atoms with Crippen molar-refractivity contribution < 1.29 is 12.8 Å². The molecule has 0 saturated heterocycles. The Bertz CT molecular complexity index is 646. The second-order valence-corrected chi connectivity index (χ2v) is 6.63. The molecule has 0 bridgehead atoms. The van der Waals surface area contributed by atoms with Gasteiger partial charge in [-0.1, -0.05) is 6.92 Å². The van der Waals surface area contributed by atoms with E-state index >= 15 is 0 Å².